The molecule has 0 aliphatic heterocycles. The number of hydrogen-bond acceptors (Lipinski definition) is 5. The van der Waals surface area contributed by atoms with Gasteiger partial charge in [-0.05, 0) is 48.5 Å². The summed E-state index contributed by atoms with van der Waals surface area (Å²) in [6.07, 6.45) is 1.52. The van der Waals surface area contributed by atoms with E-state index in [0.717, 1.165) is 0 Å². The molecule has 0 radical (unpaired) electrons. The number of sulfonamides is 1. The van der Waals surface area contributed by atoms with Crippen molar-refractivity contribution >= 4 is 21.5 Å². The molecule has 0 unspecified atom stereocenters. The maximum Gasteiger partial charge on any atom is 0.263 e. The zero-order valence-electron chi connectivity index (χ0n) is 12.9. The van der Waals surface area contributed by atoms with Gasteiger partial charge in [0, 0.05) is 11.8 Å². The fourth-order valence-corrected chi connectivity index (χ4v) is 3.20. The van der Waals surface area contributed by atoms with E-state index in [-0.39, 0.29) is 4.90 Å². The van der Waals surface area contributed by atoms with Gasteiger partial charge >= 0.3 is 0 Å². The van der Waals surface area contributed by atoms with Gasteiger partial charge in [0.15, 0.2) is 0 Å². The van der Waals surface area contributed by atoms with Crippen molar-refractivity contribution in [1.82, 2.24) is 9.78 Å². The average molecular weight is 344 g/mol. The zero-order chi connectivity index (χ0) is 17.2. The highest BCUT2D eigenvalue weighted by Crippen LogP contribution is 2.21. The summed E-state index contributed by atoms with van der Waals surface area (Å²) in [6.45, 7) is 0. The first-order valence-electron chi connectivity index (χ1n) is 7.06. The zero-order valence-corrected chi connectivity index (χ0v) is 13.7. The molecule has 3 N–H and O–H groups in total. The molecule has 7 nitrogen and oxygen atoms in total. The summed E-state index contributed by atoms with van der Waals surface area (Å²) in [5, 5.41) is 4.16. The number of nitrogens with two attached hydrogens (primary N) is 1. The number of nitrogens with zero attached hydrogens (tertiary/aromatic N) is 2. The molecule has 0 saturated carbocycles. The molecule has 24 heavy (non-hydrogen) atoms. The first-order chi connectivity index (χ1) is 11.5. The second kappa shape index (κ2) is 6.25. The van der Waals surface area contributed by atoms with Crippen LogP contribution in [0.2, 0.25) is 0 Å². The molecule has 3 rings (SSSR count). The molecular formula is C16H16N4O3S. The topological polar surface area (TPSA) is 99.2 Å². The second-order valence-corrected chi connectivity index (χ2v) is 6.68. The van der Waals surface area contributed by atoms with Crippen LogP contribution in [0, 0.1) is 0 Å². The summed E-state index contributed by atoms with van der Waals surface area (Å²) in [7, 11) is -2.16. The second-order valence-electron chi connectivity index (χ2n) is 5.00. The van der Waals surface area contributed by atoms with Crippen molar-refractivity contribution in [3.05, 3.63) is 60.8 Å². The quantitative estimate of drug-likeness (QED) is 0.692. The number of nitrogens with one attached hydrogen (secondary N) is 1. The Morgan fingerprint density at radius 2 is 1.71 bits per heavy atom. The van der Waals surface area contributed by atoms with Crippen LogP contribution in [-0.4, -0.2) is 25.3 Å². The lowest BCUT2D eigenvalue weighted by Crippen LogP contribution is -2.16. The number of methoxy groups -OCH3 is 1. The molecule has 1 heterocycles. The van der Waals surface area contributed by atoms with E-state index in [0.29, 0.717) is 22.9 Å². The fourth-order valence-electron chi connectivity index (χ4n) is 2.15. The molecule has 0 spiro atoms. The lowest BCUT2D eigenvalue weighted by molar-refractivity contribution is 0.414. The summed E-state index contributed by atoms with van der Waals surface area (Å²) in [5.74, 6) is 1.03. The van der Waals surface area contributed by atoms with E-state index in [2.05, 4.69) is 9.82 Å². The van der Waals surface area contributed by atoms with Crippen LogP contribution in [0.4, 0.5) is 11.5 Å². The van der Waals surface area contributed by atoms with E-state index in [4.69, 9.17) is 10.5 Å². The van der Waals surface area contributed by atoms with Gasteiger partial charge < -0.3 is 10.5 Å². The van der Waals surface area contributed by atoms with Crippen molar-refractivity contribution in [3.63, 3.8) is 0 Å². The van der Waals surface area contributed by atoms with Gasteiger partial charge in [-0.25, -0.2) is 13.1 Å². The molecule has 1 aromatic heterocycles. The number of anilines is 2. The number of benzene rings is 2. The summed E-state index contributed by atoms with van der Waals surface area (Å²) < 4.78 is 34.1. The molecule has 8 heteroatoms. The van der Waals surface area contributed by atoms with Crippen molar-refractivity contribution in [3.8, 4) is 11.4 Å². The number of hydrogen-bond donors (Lipinski definition) is 2. The minimum absolute atomic E-state index is 0.124. The first-order valence-corrected chi connectivity index (χ1v) is 8.55. The first kappa shape index (κ1) is 15.9. The summed E-state index contributed by atoms with van der Waals surface area (Å²) >= 11 is 0. The van der Waals surface area contributed by atoms with Crippen molar-refractivity contribution in [2.75, 3.05) is 17.6 Å². The van der Waals surface area contributed by atoms with Crippen molar-refractivity contribution in [1.29, 1.82) is 0 Å². The van der Waals surface area contributed by atoms with Crippen molar-refractivity contribution < 1.29 is 13.2 Å². The van der Waals surface area contributed by atoms with Gasteiger partial charge in [-0.3, -0.25) is 4.72 Å². The molecule has 0 bridgehead atoms. The average Bonchev–Trinajstić information content (AvgIpc) is 3.02. The largest absolute Gasteiger partial charge is 0.497 e. The minimum atomic E-state index is -3.73. The Bertz CT molecular complexity index is 932. The maximum atomic E-state index is 12.5. The van der Waals surface area contributed by atoms with Gasteiger partial charge in [-0.1, -0.05) is 0 Å². The van der Waals surface area contributed by atoms with Crippen LogP contribution in [0.25, 0.3) is 5.69 Å². The van der Waals surface area contributed by atoms with E-state index in [1.807, 2.05) is 0 Å². The smallest absolute Gasteiger partial charge is 0.263 e. The number of aromatic nitrogens is 2. The highest BCUT2D eigenvalue weighted by atomic mass is 32.2. The summed E-state index contributed by atoms with van der Waals surface area (Å²) in [5.41, 5.74) is 6.79. The van der Waals surface area contributed by atoms with Crippen molar-refractivity contribution in [2.24, 2.45) is 0 Å². The predicted octanol–water partition coefficient (Wildman–Crippen LogP) is 2.26. The van der Waals surface area contributed by atoms with Crippen LogP contribution in [0.3, 0.4) is 0 Å². The molecule has 3 aromatic rings. The van der Waals surface area contributed by atoms with Crippen LogP contribution in [0.15, 0.2) is 65.7 Å². The molecule has 0 amide bonds. The Hall–Kier alpha value is -3.00. The van der Waals surface area contributed by atoms with Gasteiger partial charge in [0.25, 0.3) is 10.0 Å². The summed E-state index contributed by atoms with van der Waals surface area (Å²) in [6, 6.07) is 14.7. The third-order valence-electron chi connectivity index (χ3n) is 3.39. The molecule has 0 aliphatic rings. The Balaban J connectivity index is 1.91. The molecular weight excluding hydrogens is 328 g/mol. The predicted molar refractivity (Wildman–Crippen MR) is 91.8 cm³/mol. The Morgan fingerprint density at radius 1 is 1.04 bits per heavy atom. The van der Waals surface area contributed by atoms with Gasteiger partial charge in [-0.15, -0.1) is 0 Å². The molecule has 0 saturated heterocycles. The van der Waals surface area contributed by atoms with E-state index in [1.54, 1.807) is 37.4 Å². The van der Waals surface area contributed by atoms with Crippen LogP contribution >= 0.6 is 0 Å². The SMILES string of the molecule is COc1ccc(-n2nccc2NS(=O)(=O)c2ccc(N)cc2)cc1. The van der Waals surface area contributed by atoms with Gasteiger partial charge in [0.05, 0.1) is 23.9 Å². The van der Waals surface area contributed by atoms with Crippen molar-refractivity contribution in [2.45, 2.75) is 4.90 Å². The highest BCUT2D eigenvalue weighted by Gasteiger charge is 2.17. The third kappa shape index (κ3) is 3.18. The van der Waals surface area contributed by atoms with E-state index < -0.39 is 10.0 Å². The lowest BCUT2D eigenvalue weighted by Gasteiger charge is -2.11. The third-order valence-corrected chi connectivity index (χ3v) is 4.76. The van der Waals surface area contributed by atoms with Crippen LogP contribution in [0.5, 0.6) is 5.75 Å². The Morgan fingerprint density at radius 3 is 2.33 bits per heavy atom. The lowest BCUT2D eigenvalue weighted by atomic mass is 10.3. The van der Waals surface area contributed by atoms with Crippen LogP contribution in [0.1, 0.15) is 0 Å². The van der Waals surface area contributed by atoms with Crippen LogP contribution < -0.4 is 15.2 Å². The standard InChI is InChI=1S/C16H16N4O3S/c1-23-14-6-4-13(5-7-14)20-16(10-11-18-20)19-24(21,22)15-8-2-12(17)3-9-15/h2-11,19H,17H2,1H3. The summed E-state index contributed by atoms with van der Waals surface area (Å²) in [4.78, 5) is 0.124. The maximum absolute atomic E-state index is 12.5. The van der Waals surface area contributed by atoms with Gasteiger partial charge in [-0.2, -0.15) is 5.10 Å². The minimum Gasteiger partial charge on any atom is -0.497 e. The monoisotopic (exact) mass is 344 g/mol. The Labute approximate surface area is 139 Å². The highest BCUT2D eigenvalue weighted by molar-refractivity contribution is 7.92. The van der Waals surface area contributed by atoms with E-state index in [9.17, 15) is 8.42 Å². The molecule has 0 atom stereocenters. The van der Waals surface area contributed by atoms with Gasteiger partial charge in [0.1, 0.15) is 11.6 Å². The molecule has 2 aromatic carbocycles. The fraction of sp³-hybridized carbons (Fsp3) is 0.0625. The Kier molecular flexibility index (Phi) is 4.13. The van der Waals surface area contributed by atoms with Crippen LogP contribution in [-0.2, 0) is 10.0 Å². The number of nitrogen functional groups attached to an aromatic ring is 1. The molecule has 0 aliphatic carbocycles. The molecule has 124 valence electrons. The number of ether oxygens (including phenoxy) is 1. The van der Waals surface area contributed by atoms with E-state index >= 15 is 0 Å². The molecule has 0 fully saturated rings. The normalized spacial score (nSPS) is 11.2. The van der Waals surface area contributed by atoms with E-state index in [1.165, 1.54) is 35.1 Å². The van der Waals surface area contributed by atoms with Gasteiger partial charge in [0.2, 0.25) is 0 Å². The number of rotatable bonds is 5.